The highest BCUT2D eigenvalue weighted by atomic mass is 32.2. The second-order valence-corrected chi connectivity index (χ2v) is 10.7. The van der Waals surface area contributed by atoms with Crippen LogP contribution in [0.25, 0.3) is 11.3 Å². The van der Waals surface area contributed by atoms with Crippen LogP contribution in [-0.4, -0.2) is 44.6 Å². The minimum absolute atomic E-state index is 0.522. The number of nitrogens with one attached hydrogen (secondary N) is 1. The average molecular weight is 504 g/mol. The quantitative estimate of drug-likeness (QED) is 0.336. The van der Waals surface area contributed by atoms with E-state index in [0.29, 0.717) is 12.0 Å². The first kappa shape index (κ1) is 25.0. The summed E-state index contributed by atoms with van der Waals surface area (Å²) in [7, 11) is 3.45. The van der Waals surface area contributed by atoms with E-state index in [1.54, 1.807) is 26.0 Å². The predicted octanol–water partition coefficient (Wildman–Crippen LogP) is 6.51. The Kier molecular flexibility index (Phi) is 8.02. The maximum absolute atomic E-state index is 5.77. The van der Waals surface area contributed by atoms with Crippen molar-refractivity contribution in [2.75, 3.05) is 38.5 Å². The second kappa shape index (κ2) is 11.6. The first-order valence-electron chi connectivity index (χ1n) is 13.0. The van der Waals surface area contributed by atoms with Crippen LogP contribution in [0.2, 0.25) is 0 Å². The van der Waals surface area contributed by atoms with Crippen molar-refractivity contribution in [3.63, 3.8) is 0 Å². The molecule has 5 nitrogen and oxygen atoms in total. The van der Waals surface area contributed by atoms with Crippen molar-refractivity contribution in [3.05, 3.63) is 65.9 Å². The minimum atomic E-state index is 0.522. The van der Waals surface area contributed by atoms with Crippen LogP contribution >= 0.6 is 11.8 Å². The van der Waals surface area contributed by atoms with Gasteiger partial charge in [-0.05, 0) is 105 Å². The Morgan fingerprint density at radius 3 is 2.39 bits per heavy atom. The first-order chi connectivity index (χ1) is 17.7. The number of hydrogen-bond donors (Lipinski definition) is 1. The maximum atomic E-state index is 5.77. The molecule has 190 valence electrons. The smallest absolute Gasteiger partial charge is 0.164 e. The number of piperidine rings is 1. The van der Waals surface area contributed by atoms with Crippen molar-refractivity contribution in [1.82, 2.24) is 10.3 Å². The molecule has 2 aromatic carbocycles. The molecule has 0 atom stereocenters. The Labute approximate surface area is 219 Å². The number of hydrogen-bond acceptors (Lipinski definition) is 6. The fourth-order valence-electron chi connectivity index (χ4n) is 5.41. The molecule has 0 radical (unpaired) electrons. The molecular weight excluding hydrogens is 466 g/mol. The summed E-state index contributed by atoms with van der Waals surface area (Å²) in [5.74, 6) is 2.19. The number of rotatable bonds is 9. The van der Waals surface area contributed by atoms with E-state index >= 15 is 0 Å². The van der Waals surface area contributed by atoms with E-state index in [2.05, 4.69) is 65.0 Å². The van der Waals surface area contributed by atoms with Gasteiger partial charge in [0.1, 0.15) is 0 Å². The molecular formula is C30H37N3O2S. The van der Waals surface area contributed by atoms with Gasteiger partial charge in [0.2, 0.25) is 0 Å². The number of methoxy groups -OCH3 is 2. The fourth-order valence-corrected chi connectivity index (χ4v) is 5.82. The Morgan fingerprint density at radius 1 is 0.972 bits per heavy atom. The monoisotopic (exact) mass is 503 g/mol. The van der Waals surface area contributed by atoms with Crippen LogP contribution in [0.5, 0.6) is 11.5 Å². The van der Waals surface area contributed by atoms with E-state index in [-0.39, 0.29) is 0 Å². The van der Waals surface area contributed by atoms with Gasteiger partial charge in [0, 0.05) is 40.5 Å². The van der Waals surface area contributed by atoms with Crippen molar-refractivity contribution < 1.29 is 9.47 Å². The Balaban J connectivity index is 1.46. The van der Waals surface area contributed by atoms with Gasteiger partial charge in [-0.2, -0.15) is 0 Å². The molecule has 2 aliphatic rings. The average Bonchev–Trinajstić information content (AvgIpc) is 2.91. The zero-order valence-corrected chi connectivity index (χ0v) is 22.4. The van der Waals surface area contributed by atoms with Gasteiger partial charge in [-0.15, -0.1) is 11.8 Å². The van der Waals surface area contributed by atoms with Crippen molar-refractivity contribution >= 4 is 17.4 Å². The third-order valence-electron chi connectivity index (χ3n) is 7.68. The zero-order valence-electron chi connectivity index (χ0n) is 21.6. The molecule has 0 bridgehead atoms. The molecule has 0 amide bonds. The van der Waals surface area contributed by atoms with Crippen LogP contribution in [0.3, 0.4) is 0 Å². The lowest BCUT2D eigenvalue weighted by atomic mass is 9.79. The summed E-state index contributed by atoms with van der Waals surface area (Å²) in [6.45, 7) is 3.00. The highest BCUT2D eigenvalue weighted by Crippen LogP contribution is 2.46. The zero-order chi connectivity index (χ0) is 24.9. The van der Waals surface area contributed by atoms with E-state index in [4.69, 9.17) is 14.5 Å². The number of thioether (sulfide) groups is 1. The predicted molar refractivity (Wildman–Crippen MR) is 150 cm³/mol. The van der Waals surface area contributed by atoms with Crippen molar-refractivity contribution in [2.24, 2.45) is 0 Å². The number of anilines is 1. The van der Waals surface area contributed by atoms with E-state index < -0.39 is 0 Å². The van der Waals surface area contributed by atoms with E-state index in [1.807, 2.05) is 6.20 Å². The third-order valence-corrected chi connectivity index (χ3v) is 8.42. The Hall–Kier alpha value is -2.70. The number of benzene rings is 2. The standard InChI is InChI=1S/C30H37N3O2S/c1-34-29-19-23(18-27(30(29)35-2)22-5-4-6-22)28-17-21(11-16-32-28)20-33(25-12-14-31-15-13-25)24-7-9-26(36-3)10-8-24/h7-11,16-19,22,25,31H,4-6,12-15,20H2,1-3H3. The maximum Gasteiger partial charge on any atom is 0.164 e. The molecule has 3 aromatic rings. The molecule has 6 heteroatoms. The molecule has 1 N–H and O–H groups in total. The lowest BCUT2D eigenvalue weighted by Gasteiger charge is -2.36. The normalized spacial score (nSPS) is 16.4. The lowest BCUT2D eigenvalue weighted by molar-refractivity contribution is 0.337. The highest BCUT2D eigenvalue weighted by molar-refractivity contribution is 7.98. The number of nitrogens with zero attached hydrogens (tertiary/aromatic N) is 2. The van der Waals surface area contributed by atoms with Crippen LogP contribution < -0.4 is 19.7 Å². The molecule has 1 aliphatic heterocycles. The molecule has 1 aliphatic carbocycles. The SMILES string of the molecule is COc1cc(-c2cc(CN(c3ccc(SC)cc3)C3CCNCC3)ccn2)cc(C2CCC2)c1OC. The van der Waals surface area contributed by atoms with Crippen LogP contribution in [-0.2, 0) is 6.54 Å². The summed E-state index contributed by atoms with van der Waals surface area (Å²) in [5.41, 5.74) is 5.88. The highest BCUT2D eigenvalue weighted by Gasteiger charge is 2.26. The van der Waals surface area contributed by atoms with Gasteiger partial charge >= 0.3 is 0 Å². The van der Waals surface area contributed by atoms with Crippen molar-refractivity contribution in [2.45, 2.75) is 55.5 Å². The van der Waals surface area contributed by atoms with E-state index in [1.165, 1.54) is 41.0 Å². The van der Waals surface area contributed by atoms with Crippen LogP contribution in [0.4, 0.5) is 5.69 Å². The number of aromatic nitrogens is 1. The Morgan fingerprint density at radius 2 is 1.75 bits per heavy atom. The molecule has 36 heavy (non-hydrogen) atoms. The molecule has 0 unspecified atom stereocenters. The summed E-state index contributed by atoms with van der Waals surface area (Å²) in [4.78, 5) is 8.65. The van der Waals surface area contributed by atoms with Crippen LogP contribution in [0.1, 0.15) is 49.1 Å². The summed E-state index contributed by atoms with van der Waals surface area (Å²) in [5, 5.41) is 3.52. The lowest BCUT2D eigenvalue weighted by Crippen LogP contribution is -2.43. The van der Waals surface area contributed by atoms with Crippen LogP contribution in [0.15, 0.2) is 59.6 Å². The van der Waals surface area contributed by atoms with Gasteiger partial charge in [-0.25, -0.2) is 0 Å². The molecule has 1 saturated carbocycles. The van der Waals surface area contributed by atoms with Gasteiger partial charge in [-0.3, -0.25) is 4.98 Å². The van der Waals surface area contributed by atoms with Gasteiger partial charge in [0.25, 0.3) is 0 Å². The van der Waals surface area contributed by atoms with Gasteiger partial charge < -0.3 is 19.7 Å². The topological polar surface area (TPSA) is 46.6 Å². The van der Waals surface area contributed by atoms with E-state index in [9.17, 15) is 0 Å². The van der Waals surface area contributed by atoms with Crippen LogP contribution in [0, 0.1) is 0 Å². The molecule has 1 saturated heterocycles. The first-order valence-corrected chi connectivity index (χ1v) is 14.2. The Bertz CT molecular complexity index is 1160. The van der Waals surface area contributed by atoms with Gasteiger partial charge in [0.05, 0.1) is 19.9 Å². The third kappa shape index (κ3) is 5.35. The molecule has 2 heterocycles. The van der Waals surface area contributed by atoms with Crippen molar-refractivity contribution in [1.29, 1.82) is 0 Å². The number of pyridine rings is 1. The minimum Gasteiger partial charge on any atom is -0.493 e. The molecule has 5 rings (SSSR count). The summed E-state index contributed by atoms with van der Waals surface area (Å²) < 4.78 is 11.5. The molecule has 1 aromatic heterocycles. The fraction of sp³-hybridized carbons (Fsp3) is 0.433. The summed E-state index contributed by atoms with van der Waals surface area (Å²) >= 11 is 1.79. The van der Waals surface area contributed by atoms with Gasteiger partial charge in [-0.1, -0.05) is 6.42 Å². The van der Waals surface area contributed by atoms with Crippen molar-refractivity contribution in [3.8, 4) is 22.8 Å². The largest absolute Gasteiger partial charge is 0.493 e. The summed E-state index contributed by atoms with van der Waals surface area (Å²) in [6.07, 6.45) is 10.1. The second-order valence-electron chi connectivity index (χ2n) is 9.79. The summed E-state index contributed by atoms with van der Waals surface area (Å²) in [6, 6.07) is 18.3. The van der Waals surface area contributed by atoms with E-state index in [0.717, 1.165) is 55.2 Å². The van der Waals surface area contributed by atoms with Gasteiger partial charge in [0.15, 0.2) is 11.5 Å². The molecule has 2 fully saturated rings. The molecule has 0 spiro atoms. The number of ether oxygens (including phenoxy) is 2.